The number of methoxy groups -OCH3 is 2. The monoisotopic (exact) mass is 200 g/mol. The average molecular weight is 200 g/mol. The van der Waals surface area contributed by atoms with E-state index in [2.05, 4.69) is 0 Å². The van der Waals surface area contributed by atoms with E-state index >= 15 is 0 Å². The van der Waals surface area contributed by atoms with Crippen molar-refractivity contribution in [1.29, 1.82) is 0 Å². The van der Waals surface area contributed by atoms with Gasteiger partial charge in [0.05, 0.1) is 14.2 Å². The van der Waals surface area contributed by atoms with Crippen molar-refractivity contribution in [3.05, 3.63) is 23.8 Å². The number of hydrogen-bond donors (Lipinski definition) is 1. The Hall–Kier alpha value is -1.29. The van der Waals surface area contributed by atoms with Gasteiger partial charge in [0.25, 0.3) is 0 Å². The van der Waals surface area contributed by atoms with Gasteiger partial charge < -0.3 is 14.6 Å². The molecule has 0 spiro atoms. The van der Waals surface area contributed by atoms with Gasteiger partial charge in [-0.1, -0.05) is 12.1 Å². The molecule has 0 fully saturated rings. The van der Waals surface area contributed by atoms with Crippen LogP contribution in [0.5, 0.6) is 11.5 Å². The molecule has 1 N–H and O–H groups in total. The fraction of sp³-hybridized carbons (Fsp3) is 0.400. The van der Waals surface area contributed by atoms with Gasteiger partial charge in [-0.15, -0.1) is 0 Å². The van der Waals surface area contributed by atoms with E-state index in [0.717, 1.165) is 0 Å². The number of halogens is 1. The lowest BCUT2D eigenvalue weighted by Crippen LogP contribution is -2.03. The minimum absolute atomic E-state index is 0.375. The number of benzene rings is 1. The van der Waals surface area contributed by atoms with Crippen molar-refractivity contribution >= 4 is 0 Å². The van der Waals surface area contributed by atoms with Gasteiger partial charge >= 0.3 is 0 Å². The fourth-order valence-corrected chi connectivity index (χ4v) is 1.26. The van der Waals surface area contributed by atoms with Crippen molar-refractivity contribution in [2.75, 3.05) is 20.9 Å². The van der Waals surface area contributed by atoms with E-state index in [0.29, 0.717) is 17.1 Å². The van der Waals surface area contributed by atoms with Gasteiger partial charge in [0.2, 0.25) is 0 Å². The Morgan fingerprint density at radius 3 is 2.57 bits per heavy atom. The SMILES string of the molecule is COc1cccc(C(O)CF)c1OC. The van der Waals surface area contributed by atoms with Crippen molar-refractivity contribution in [2.45, 2.75) is 6.10 Å². The fourth-order valence-electron chi connectivity index (χ4n) is 1.26. The second-order valence-corrected chi connectivity index (χ2v) is 2.75. The number of para-hydroxylation sites is 1. The summed E-state index contributed by atoms with van der Waals surface area (Å²) in [6.45, 7) is -0.844. The molecule has 1 atom stereocenters. The van der Waals surface area contributed by atoms with Gasteiger partial charge in [0, 0.05) is 5.56 Å². The van der Waals surface area contributed by atoms with Crippen LogP contribution in [0.15, 0.2) is 18.2 Å². The van der Waals surface area contributed by atoms with Gasteiger partial charge in [-0.05, 0) is 6.07 Å². The third kappa shape index (κ3) is 1.96. The predicted octanol–water partition coefficient (Wildman–Crippen LogP) is 1.71. The second kappa shape index (κ2) is 4.81. The van der Waals surface area contributed by atoms with Crippen LogP contribution in [0.3, 0.4) is 0 Å². The van der Waals surface area contributed by atoms with E-state index in [1.54, 1.807) is 18.2 Å². The van der Waals surface area contributed by atoms with Crippen molar-refractivity contribution in [3.63, 3.8) is 0 Å². The molecule has 1 rings (SSSR count). The van der Waals surface area contributed by atoms with Gasteiger partial charge in [-0.2, -0.15) is 0 Å². The van der Waals surface area contributed by atoms with E-state index in [9.17, 15) is 9.50 Å². The summed E-state index contributed by atoms with van der Waals surface area (Å²) >= 11 is 0. The van der Waals surface area contributed by atoms with Crippen LogP contribution in [0.2, 0.25) is 0 Å². The third-order valence-electron chi connectivity index (χ3n) is 1.94. The van der Waals surface area contributed by atoms with Crippen molar-refractivity contribution in [2.24, 2.45) is 0 Å². The summed E-state index contributed by atoms with van der Waals surface area (Å²) in [5, 5.41) is 9.35. The molecule has 0 heterocycles. The Morgan fingerprint density at radius 2 is 2.07 bits per heavy atom. The predicted molar refractivity (Wildman–Crippen MR) is 50.5 cm³/mol. The number of aliphatic hydroxyl groups is 1. The highest BCUT2D eigenvalue weighted by molar-refractivity contribution is 5.47. The smallest absolute Gasteiger partial charge is 0.166 e. The molecule has 14 heavy (non-hydrogen) atoms. The van der Waals surface area contributed by atoms with E-state index in [4.69, 9.17) is 9.47 Å². The zero-order valence-electron chi connectivity index (χ0n) is 8.16. The summed E-state index contributed by atoms with van der Waals surface area (Å²) in [7, 11) is 2.94. The van der Waals surface area contributed by atoms with Crippen LogP contribution < -0.4 is 9.47 Å². The summed E-state index contributed by atoms with van der Waals surface area (Å²) in [4.78, 5) is 0. The van der Waals surface area contributed by atoms with E-state index in [1.165, 1.54) is 14.2 Å². The molecule has 1 unspecified atom stereocenters. The number of alkyl halides is 1. The van der Waals surface area contributed by atoms with Crippen LogP contribution >= 0.6 is 0 Å². The zero-order valence-corrected chi connectivity index (χ0v) is 8.16. The van der Waals surface area contributed by atoms with Gasteiger partial charge in [-0.25, -0.2) is 4.39 Å². The van der Waals surface area contributed by atoms with Crippen LogP contribution in [-0.2, 0) is 0 Å². The first-order valence-corrected chi connectivity index (χ1v) is 4.19. The molecule has 0 saturated heterocycles. The first kappa shape index (κ1) is 10.8. The molecule has 0 aliphatic carbocycles. The largest absolute Gasteiger partial charge is 0.493 e. The molecule has 4 heteroatoms. The van der Waals surface area contributed by atoms with Crippen molar-refractivity contribution in [3.8, 4) is 11.5 Å². The lowest BCUT2D eigenvalue weighted by molar-refractivity contribution is 0.137. The number of ether oxygens (including phenoxy) is 2. The molecule has 0 amide bonds. The molecule has 3 nitrogen and oxygen atoms in total. The second-order valence-electron chi connectivity index (χ2n) is 2.75. The summed E-state index contributed by atoms with van der Waals surface area (Å²) in [6.07, 6.45) is -1.17. The lowest BCUT2D eigenvalue weighted by Gasteiger charge is -2.14. The van der Waals surface area contributed by atoms with Crippen LogP contribution in [-0.4, -0.2) is 26.0 Å². The highest BCUT2D eigenvalue weighted by Crippen LogP contribution is 2.34. The molecule has 0 saturated carbocycles. The maximum atomic E-state index is 12.3. The highest BCUT2D eigenvalue weighted by atomic mass is 19.1. The minimum Gasteiger partial charge on any atom is -0.493 e. The topological polar surface area (TPSA) is 38.7 Å². The van der Waals surface area contributed by atoms with Crippen LogP contribution in [0, 0.1) is 0 Å². The lowest BCUT2D eigenvalue weighted by atomic mass is 10.1. The van der Waals surface area contributed by atoms with E-state index in [-0.39, 0.29) is 0 Å². The average Bonchev–Trinajstić information content (AvgIpc) is 2.26. The van der Waals surface area contributed by atoms with Crippen molar-refractivity contribution < 1.29 is 19.0 Å². The molecule has 1 aromatic rings. The van der Waals surface area contributed by atoms with Crippen LogP contribution in [0.4, 0.5) is 4.39 Å². The number of hydrogen-bond acceptors (Lipinski definition) is 3. The van der Waals surface area contributed by atoms with E-state index in [1.807, 2.05) is 0 Å². The Kier molecular flexibility index (Phi) is 3.71. The Labute approximate surface area is 82.1 Å². The first-order valence-electron chi connectivity index (χ1n) is 4.19. The van der Waals surface area contributed by atoms with Crippen LogP contribution in [0.25, 0.3) is 0 Å². The highest BCUT2D eigenvalue weighted by Gasteiger charge is 2.16. The summed E-state index contributed by atoms with van der Waals surface area (Å²) in [5.41, 5.74) is 0.398. The van der Waals surface area contributed by atoms with Gasteiger partial charge in [0.1, 0.15) is 12.8 Å². The third-order valence-corrected chi connectivity index (χ3v) is 1.94. The Balaban J connectivity index is 3.14. The molecule has 0 aromatic heterocycles. The first-order chi connectivity index (χ1) is 6.74. The Morgan fingerprint density at radius 1 is 1.36 bits per heavy atom. The quantitative estimate of drug-likeness (QED) is 0.804. The Bertz CT molecular complexity index is 301. The molecule has 1 aromatic carbocycles. The van der Waals surface area contributed by atoms with Crippen LogP contribution in [0.1, 0.15) is 11.7 Å². The molecule has 0 bridgehead atoms. The minimum atomic E-state index is -1.17. The summed E-state index contributed by atoms with van der Waals surface area (Å²) in [6, 6.07) is 4.97. The number of rotatable bonds is 4. The molecule has 0 radical (unpaired) electrons. The molecular weight excluding hydrogens is 187 g/mol. The summed E-state index contributed by atoms with van der Waals surface area (Å²) < 4.78 is 22.3. The molecule has 0 aliphatic rings. The van der Waals surface area contributed by atoms with E-state index < -0.39 is 12.8 Å². The summed E-state index contributed by atoms with van der Waals surface area (Å²) in [5.74, 6) is 0.859. The zero-order chi connectivity index (χ0) is 10.6. The maximum absolute atomic E-state index is 12.3. The maximum Gasteiger partial charge on any atom is 0.166 e. The molecule has 78 valence electrons. The molecular formula is C10H13FO3. The number of aliphatic hydroxyl groups excluding tert-OH is 1. The van der Waals surface area contributed by atoms with Gasteiger partial charge in [-0.3, -0.25) is 0 Å². The van der Waals surface area contributed by atoms with Crippen molar-refractivity contribution in [1.82, 2.24) is 0 Å². The van der Waals surface area contributed by atoms with Gasteiger partial charge in [0.15, 0.2) is 11.5 Å². The standard InChI is InChI=1S/C10H13FO3/c1-13-9-5-3-4-7(8(12)6-11)10(9)14-2/h3-5,8,12H,6H2,1-2H3. The molecule has 0 aliphatic heterocycles. The normalized spacial score (nSPS) is 12.3.